The molecule has 0 bridgehead atoms. The molecule has 0 aliphatic heterocycles. The first-order valence-corrected chi connectivity index (χ1v) is 10.1. The van der Waals surface area contributed by atoms with Crippen molar-refractivity contribution in [2.24, 2.45) is 0 Å². The van der Waals surface area contributed by atoms with Crippen LogP contribution in [0, 0.1) is 5.82 Å². The van der Waals surface area contributed by atoms with Crippen molar-refractivity contribution in [1.29, 1.82) is 0 Å². The number of nitrogens with one attached hydrogen (secondary N) is 1. The van der Waals surface area contributed by atoms with Gasteiger partial charge in [0.1, 0.15) is 12.4 Å². The average molecular weight is 428 g/mol. The lowest BCUT2D eigenvalue weighted by Crippen LogP contribution is -2.15. The summed E-state index contributed by atoms with van der Waals surface area (Å²) in [7, 11) is 1.58. The van der Waals surface area contributed by atoms with Crippen molar-refractivity contribution in [3.63, 3.8) is 0 Å². The van der Waals surface area contributed by atoms with Gasteiger partial charge in [-0.05, 0) is 36.4 Å². The number of para-hydroxylation sites is 2. The van der Waals surface area contributed by atoms with E-state index in [1.54, 1.807) is 13.2 Å². The third-order valence-electron chi connectivity index (χ3n) is 3.99. The van der Waals surface area contributed by atoms with E-state index in [4.69, 9.17) is 9.47 Å². The quantitative estimate of drug-likeness (QED) is 0.390. The smallest absolute Gasteiger partial charge is 0.234 e. The molecule has 1 N–H and O–H groups in total. The van der Waals surface area contributed by atoms with Crippen molar-refractivity contribution < 1.29 is 18.7 Å². The Labute approximate surface area is 177 Å². The van der Waals surface area contributed by atoms with Gasteiger partial charge in [-0.2, -0.15) is 0 Å². The summed E-state index contributed by atoms with van der Waals surface area (Å²) in [5.41, 5.74) is 0.528. The standard InChI is InChI=1S/C21H21FN4O3S/c1-3-12-26-19(13-29-18-7-5-4-6-17(18)28-2)24-25-21(26)30-14-20(27)23-16-10-8-15(22)9-11-16/h3-11H,1,12-14H2,2H3,(H,23,27). The van der Waals surface area contributed by atoms with Gasteiger partial charge in [-0.25, -0.2) is 4.39 Å². The molecule has 0 spiro atoms. The number of anilines is 1. The van der Waals surface area contributed by atoms with E-state index in [9.17, 15) is 9.18 Å². The molecule has 3 aromatic rings. The second-order valence-corrected chi connectivity index (χ2v) is 7.02. The highest BCUT2D eigenvalue weighted by Crippen LogP contribution is 2.27. The Morgan fingerprint density at radius 2 is 1.93 bits per heavy atom. The largest absolute Gasteiger partial charge is 0.493 e. The van der Waals surface area contributed by atoms with Crippen LogP contribution in [0.1, 0.15) is 5.82 Å². The molecule has 1 aromatic heterocycles. The maximum absolute atomic E-state index is 13.0. The molecule has 30 heavy (non-hydrogen) atoms. The van der Waals surface area contributed by atoms with Gasteiger partial charge in [0.25, 0.3) is 0 Å². The van der Waals surface area contributed by atoms with Crippen molar-refractivity contribution >= 4 is 23.4 Å². The Kier molecular flexibility index (Phi) is 7.45. The number of carbonyl (C=O) groups is 1. The number of amides is 1. The first kappa shape index (κ1) is 21.4. The first-order valence-electron chi connectivity index (χ1n) is 9.07. The molecule has 1 heterocycles. The fraction of sp³-hybridized carbons (Fsp3) is 0.190. The Hall–Kier alpha value is -3.33. The van der Waals surface area contributed by atoms with Crippen LogP contribution in [0.15, 0.2) is 66.3 Å². The van der Waals surface area contributed by atoms with E-state index in [2.05, 4.69) is 22.1 Å². The van der Waals surface area contributed by atoms with Crippen molar-refractivity contribution in [2.45, 2.75) is 18.3 Å². The normalized spacial score (nSPS) is 10.5. The van der Waals surface area contributed by atoms with Gasteiger partial charge in [0.15, 0.2) is 22.5 Å². The maximum atomic E-state index is 13.0. The summed E-state index contributed by atoms with van der Waals surface area (Å²) in [6, 6.07) is 12.9. The maximum Gasteiger partial charge on any atom is 0.234 e. The van der Waals surface area contributed by atoms with Gasteiger partial charge in [0.2, 0.25) is 5.91 Å². The van der Waals surface area contributed by atoms with Crippen LogP contribution in [0.3, 0.4) is 0 Å². The van der Waals surface area contributed by atoms with Crippen LogP contribution in [0.25, 0.3) is 0 Å². The zero-order valence-corrected chi connectivity index (χ0v) is 17.2. The van der Waals surface area contributed by atoms with Crippen LogP contribution in [0.2, 0.25) is 0 Å². The topological polar surface area (TPSA) is 78.3 Å². The predicted octanol–water partition coefficient (Wildman–Crippen LogP) is 3.92. The van der Waals surface area contributed by atoms with Crippen LogP contribution in [0.5, 0.6) is 11.5 Å². The van der Waals surface area contributed by atoms with Gasteiger partial charge in [-0.15, -0.1) is 16.8 Å². The van der Waals surface area contributed by atoms with E-state index >= 15 is 0 Å². The predicted molar refractivity (Wildman–Crippen MR) is 113 cm³/mol. The van der Waals surface area contributed by atoms with Crippen LogP contribution in [0.4, 0.5) is 10.1 Å². The third-order valence-corrected chi connectivity index (χ3v) is 4.96. The lowest BCUT2D eigenvalue weighted by Gasteiger charge is -2.11. The number of halogens is 1. The summed E-state index contributed by atoms with van der Waals surface area (Å²) in [6.07, 6.45) is 1.72. The number of rotatable bonds is 10. The van der Waals surface area contributed by atoms with E-state index in [0.717, 1.165) is 0 Å². The van der Waals surface area contributed by atoms with Gasteiger partial charge in [-0.1, -0.05) is 30.0 Å². The molecule has 0 atom stereocenters. The van der Waals surface area contributed by atoms with Crippen LogP contribution >= 0.6 is 11.8 Å². The zero-order valence-electron chi connectivity index (χ0n) is 16.4. The molecule has 0 saturated carbocycles. The molecule has 0 fully saturated rings. The van der Waals surface area contributed by atoms with Crippen molar-refractivity contribution in [2.75, 3.05) is 18.2 Å². The second kappa shape index (κ2) is 10.4. The van der Waals surface area contributed by atoms with E-state index in [-0.39, 0.29) is 24.1 Å². The molecule has 0 unspecified atom stereocenters. The number of carbonyl (C=O) groups excluding carboxylic acids is 1. The number of benzene rings is 2. The number of ether oxygens (including phenoxy) is 2. The Balaban J connectivity index is 1.62. The van der Waals surface area contributed by atoms with Crippen molar-refractivity contribution in [1.82, 2.24) is 14.8 Å². The summed E-state index contributed by atoms with van der Waals surface area (Å²) in [6.45, 7) is 4.42. The molecule has 2 aromatic carbocycles. The minimum absolute atomic E-state index is 0.125. The first-order chi connectivity index (χ1) is 14.6. The van der Waals surface area contributed by atoms with E-state index < -0.39 is 0 Å². The number of hydrogen-bond donors (Lipinski definition) is 1. The second-order valence-electron chi connectivity index (χ2n) is 6.08. The van der Waals surface area contributed by atoms with Gasteiger partial charge in [-0.3, -0.25) is 9.36 Å². The minimum atomic E-state index is -0.359. The highest BCUT2D eigenvalue weighted by molar-refractivity contribution is 7.99. The van der Waals surface area contributed by atoms with Crippen LogP contribution < -0.4 is 14.8 Å². The molecule has 0 saturated heterocycles. The highest BCUT2D eigenvalue weighted by atomic mass is 32.2. The molecule has 0 radical (unpaired) electrons. The SMILES string of the molecule is C=CCn1c(COc2ccccc2OC)nnc1SCC(=O)Nc1ccc(F)cc1. The lowest BCUT2D eigenvalue weighted by molar-refractivity contribution is -0.113. The Morgan fingerprint density at radius 1 is 1.20 bits per heavy atom. The molecule has 0 aliphatic carbocycles. The summed E-state index contributed by atoms with van der Waals surface area (Å²) < 4.78 is 25.9. The number of thioether (sulfide) groups is 1. The molecule has 7 nitrogen and oxygen atoms in total. The lowest BCUT2D eigenvalue weighted by atomic mass is 10.3. The summed E-state index contributed by atoms with van der Waals surface area (Å²) in [5.74, 6) is 1.36. The fourth-order valence-electron chi connectivity index (χ4n) is 2.59. The highest BCUT2D eigenvalue weighted by Gasteiger charge is 2.15. The van der Waals surface area contributed by atoms with Crippen molar-refractivity contribution in [3.8, 4) is 11.5 Å². The number of aromatic nitrogens is 3. The molecular weight excluding hydrogens is 407 g/mol. The molecule has 156 valence electrons. The molecule has 1 amide bonds. The van der Waals surface area contributed by atoms with Crippen molar-refractivity contribution in [3.05, 3.63) is 72.8 Å². The minimum Gasteiger partial charge on any atom is -0.493 e. The number of nitrogens with zero attached hydrogens (tertiary/aromatic N) is 3. The average Bonchev–Trinajstić information content (AvgIpc) is 3.14. The molecule has 0 aliphatic rings. The van der Waals surface area contributed by atoms with Gasteiger partial charge < -0.3 is 14.8 Å². The number of hydrogen-bond acceptors (Lipinski definition) is 6. The number of allylic oxidation sites excluding steroid dienone is 1. The Bertz CT molecular complexity index is 1010. The third kappa shape index (κ3) is 5.60. The Morgan fingerprint density at radius 3 is 2.63 bits per heavy atom. The van der Waals surface area contributed by atoms with E-state index in [1.807, 2.05) is 28.8 Å². The van der Waals surface area contributed by atoms with Crippen LogP contribution in [-0.2, 0) is 17.9 Å². The molecular formula is C21H21FN4O3S. The van der Waals surface area contributed by atoms with E-state index in [1.165, 1.54) is 36.0 Å². The fourth-order valence-corrected chi connectivity index (χ4v) is 3.35. The van der Waals surface area contributed by atoms with Gasteiger partial charge >= 0.3 is 0 Å². The number of methoxy groups -OCH3 is 1. The van der Waals surface area contributed by atoms with Gasteiger partial charge in [0, 0.05) is 12.2 Å². The summed E-state index contributed by atoms with van der Waals surface area (Å²) >= 11 is 1.24. The monoisotopic (exact) mass is 428 g/mol. The molecule has 3 rings (SSSR count). The van der Waals surface area contributed by atoms with Gasteiger partial charge in [0.05, 0.1) is 12.9 Å². The summed E-state index contributed by atoms with van der Waals surface area (Å²) in [5, 5.41) is 11.6. The molecule has 9 heteroatoms. The van der Waals surface area contributed by atoms with E-state index in [0.29, 0.717) is 34.7 Å². The summed E-state index contributed by atoms with van der Waals surface area (Å²) in [4.78, 5) is 12.2. The zero-order chi connectivity index (χ0) is 21.3. The van der Waals surface area contributed by atoms with Crippen LogP contribution in [-0.4, -0.2) is 33.5 Å².